The van der Waals surface area contributed by atoms with Gasteiger partial charge in [0.2, 0.25) is 11.8 Å². The molecule has 0 aliphatic heterocycles. The third kappa shape index (κ3) is 4.87. The molecule has 0 saturated heterocycles. The Labute approximate surface area is 176 Å². The number of hydrogen-bond donors (Lipinski definition) is 2. The standard InChI is InChI=1S/C23H18FN3O2S/c24-18-7-9-19(10-8-18)25-21(28)11-12-22(29)27-23-26-20(14-30-23)17-6-5-15-3-1-2-4-16(15)13-17/h1-10,13-14H,11-12H2,(H,25,28)(H,26,27,29). The van der Waals surface area contributed by atoms with Gasteiger partial charge in [-0.05, 0) is 41.1 Å². The number of fused-ring (bicyclic) bond motifs is 1. The van der Waals surface area contributed by atoms with Crippen molar-refractivity contribution in [3.63, 3.8) is 0 Å². The van der Waals surface area contributed by atoms with E-state index in [2.05, 4.69) is 27.8 Å². The van der Waals surface area contributed by atoms with E-state index in [4.69, 9.17) is 0 Å². The summed E-state index contributed by atoms with van der Waals surface area (Å²) in [5, 5.41) is 10.0. The van der Waals surface area contributed by atoms with Gasteiger partial charge >= 0.3 is 0 Å². The molecule has 4 aromatic rings. The van der Waals surface area contributed by atoms with Crippen LogP contribution in [0.15, 0.2) is 72.1 Å². The van der Waals surface area contributed by atoms with Crippen molar-refractivity contribution in [1.82, 2.24) is 4.98 Å². The normalized spacial score (nSPS) is 10.7. The van der Waals surface area contributed by atoms with E-state index in [-0.39, 0.29) is 30.5 Å². The molecule has 0 aliphatic rings. The summed E-state index contributed by atoms with van der Waals surface area (Å²) in [7, 11) is 0. The summed E-state index contributed by atoms with van der Waals surface area (Å²) in [6, 6.07) is 19.7. The number of nitrogens with one attached hydrogen (secondary N) is 2. The molecular weight excluding hydrogens is 401 g/mol. The lowest BCUT2D eigenvalue weighted by molar-refractivity contribution is -0.121. The Morgan fingerprint density at radius 3 is 2.33 bits per heavy atom. The largest absolute Gasteiger partial charge is 0.326 e. The summed E-state index contributed by atoms with van der Waals surface area (Å²) in [6.45, 7) is 0. The molecule has 30 heavy (non-hydrogen) atoms. The molecule has 1 heterocycles. The van der Waals surface area contributed by atoms with Gasteiger partial charge in [-0.25, -0.2) is 9.37 Å². The maximum absolute atomic E-state index is 12.9. The van der Waals surface area contributed by atoms with Gasteiger partial charge in [0, 0.05) is 29.5 Å². The monoisotopic (exact) mass is 419 g/mol. The molecule has 0 bridgehead atoms. The third-order valence-electron chi connectivity index (χ3n) is 4.50. The smallest absolute Gasteiger partial charge is 0.226 e. The van der Waals surface area contributed by atoms with E-state index in [1.807, 2.05) is 35.7 Å². The Morgan fingerprint density at radius 1 is 0.867 bits per heavy atom. The van der Waals surface area contributed by atoms with Crippen LogP contribution in [0.25, 0.3) is 22.0 Å². The van der Waals surface area contributed by atoms with E-state index in [0.717, 1.165) is 22.0 Å². The average Bonchev–Trinajstić information content (AvgIpc) is 3.22. The fraction of sp³-hybridized carbons (Fsp3) is 0.0870. The highest BCUT2D eigenvalue weighted by molar-refractivity contribution is 7.14. The summed E-state index contributed by atoms with van der Waals surface area (Å²) in [6.07, 6.45) is 0.0457. The Kier molecular flexibility index (Phi) is 5.81. The molecule has 0 spiro atoms. The summed E-state index contributed by atoms with van der Waals surface area (Å²) in [5.41, 5.74) is 2.25. The Morgan fingerprint density at radius 2 is 1.57 bits per heavy atom. The predicted octanol–water partition coefficient (Wildman–Crippen LogP) is 5.46. The fourth-order valence-corrected chi connectivity index (χ4v) is 3.71. The van der Waals surface area contributed by atoms with Crippen LogP contribution in [0.5, 0.6) is 0 Å². The van der Waals surface area contributed by atoms with Crippen LogP contribution >= 0.6 is 11.3 Å². The molecule has 2 amide bonds. The molecule has 2 N–H and O–H groups in total. The van der Waals surface area contributed by atoms with E-state index < -0.39 is 0 Å². The Hall–Kier alpha value is -3.58. The molecule has 0 unspecified atom stereocenters. The summed E-state index contributed by atoms with van der Waals surface area (Å²) in [5.74, 6) is -0.977. The molecule has 4 rings (SSSR count). The number of rotatable bonds is 6. The van der Waals surface area contributed by atoms with Gasteiger partial charge in [-0.3, -0.25) is 9.59 Å². The van der Waals surface area contributed by atoms with Crippen molar-refractivity contribution in [1.29, 1.82) is 0 Å². The number of halogens is 1. The molecule has 3 aromatic carbocycles. The van der Waals surface area contributed by atoms with Gasteiger partial charge in [-0.1, -0.05) is 36.4 Å². The van der Waals surface area contributed by atoms with Crippen LogP contribution < -0.4 is 10.6 Å². The van der Waals surface area contributed by atoms with Gasteiger partial charge in [0.05, 0.1) is 5.69 Å². The Bertz CT molecular complexity index is 1200. The lowest BCUT2D eigenvalue weighted by Crippen LogP contribution is -2.17. The van der Waals surface area contributed by atoms with Crippen molar-refractivity contribution >= 4 is 44.7 Å². The molecule has 0 saturated carbocycles. The van der Waals surface area contributed by atoms with Crippen molar-refractivity contribution < 1.29 is 14.0 Å². The maximum atomic E-state index is 12.9. The second-order valence-electron chi connectivity index (χ2n) is 6.70. The molecule has 0 radical (unpaired) electrons. The molecular formula is C23H18FN3O2S. The molecule has 150 valence electrons. The van der Waals surface area contributed by atoms with Crippen LogP contribution in [0.1, 0.15) is 12.8 Å². The number of anilines is 2. The average molecular weight is 419 g/mol. The van der Waals surface area contributed by atoms with Crippen LogP contribution in [-0.4, -0.2) is 16.8 Å². The van der Waals surface area contributed by atoms with Crippen molar-refractivity contribution in [3.8, 4) is 11.3 Å². The van der Waals surface area contributed by atoms with E-state index in [1.165, 1.54) is 35.6 Å². The van der Waals surface area contributed by atoms with Crippen LogP contribution in [-0.2, 0) is 9.59 Å². The van der Waals surface area contributed by atoms with Gasteiger partial charge in [0.1, 0.15) is 5.82 Å². The zero-order valence-electron chi connectivity index (χ0n) is 15.9. The first-order valence-corrected chi connectivity index (χ1v) is 10.2. The van der Waals surface area contributed by atoms with Gasteiger partial charge < -0.3 is 10.6 Å². The second kappa shape index (κ2) is 8.84. The minimum absolute atomic E-state index is 0.0200. The van der Waals surface area contributed by atoms with Gasteiger partial charge in [-0.2, -0.15) is 0 Å². The van der Waals surface area contributed by atoms with Gasteiger partial charge in [0.15, 0.2) is 5.13 Å². The second-order valence-corrected chi connectivity index (χ2v) is 7.56. The summed E-state index contributed by atoms with van der Waals surface area (Å²) in [4.78, 5) is 28.6. The lowest BCUT2D eigenvalue weighted by atomic mass is 10.1. The van der Waals surface area contributed by atoms with Crippen LogP contribution in [0, 0.1) is 5.82 Å². The molecule has 5 nitrogen and oxygen atoms in total. The van der Waals surface area contributed by atoms with Crippen LogP contribution in [0.4, 0.5) is 15.2 Å². The van der Waals surface area contributed by atoms with Crippen LogP contribution in [0.3, 0.4) is 0 Å². The minimum atomic E-state index is -0.376. The zero-order chi connectivity index (χ0) is 20.9. The molecule has 1 aromatic heterocycles. The quantitative estimate of drug-likeness (QED) is 0.436. The highest BCUT2D eigenvalue weighted by Crippen LogP contribution is 2.27. The van der Waals surface area contributed by atoms with E-state index in [1.54, 1.807) is 0 Å². The number of thiazole rings is 1. The molecule has 0 aliphatic carbocycles. The molecule has 0 atom stereocenters. The zero-order valence-corrected chi connectivity index (χ0v) is 16.7. The minimum Gasteiger partial charge on any atom is -0.326 e. The fourth-order valence-electron chi connectivity index (χ4n) is 2.98. The number of benzene rings is 3. The third-order valence-corrected chi connectivity index (χ3v) is 5.26. The first kappa shape index (κ1) is 19.7. The lowest BCUT2D eigenvalue weighted by Gasteiger charge is -2.05. The SMILES string of the molecule is O=C(CCC(=O)Nc1nc(-c2ccc3ccccc3c2)cs1)Nc1ccc(F)cc1. The van der Waals surface area contributed by atoms with E-state index >= 15 is 0 Å². The first-order chi connectivity index (χ1) is 14.6. The number of amides is 2. The molecule has 0 fully saturated rings. The van der Waals surface area contributed by atoms with Crippen molar-refractivity contribution in [2.45, 2.75) is 12.8 Å². The van der Waals surface area contributed by atoms with Crippen molar-refractivity contribution in [2.75, 3.05) is 10.6 Å². The number of carbonyl (C=O) groups is 2. The van der Waals surface area contributed by atoms with E-state index in [9.17, 15) is 14.0 Å². The predicted molar refractivity (Wildman–Crippen MR) is 118 cm³/mol. The number of aromatic nitrogens is 1. The molecule has 7 heteroatoms. The summed E-state index contributed by atoms with van der Waals surface area (Å²) < 4.78 is 12.9. The number of carbonyl (C=O) groups excluding carboxylic acids is 2. The topological polar surface area (TPSA) is 71.1 Å². The maximum Gasteiger partial charge on any atom is 0.226 e. The van der Waals surface area contributed by atoms with Crippen molar-refractivity contribution in [2.24, 2.45) is 0 Å². The highest BCUT2D eigenvalue weighted by atomic mass is 32.1. The van der Waals surface area contributed by atoms with Crippen LogP contribution in [0.2, 0.25) is 0 Å². The van der Waals surface area contributed by atoms with Crippen molar-refractivity contribution in [3.05, 3.63) is 77.9 Å². The number of nitrogens with zero attached hydrogens (tertiary/aromatic N) is 1. The van der Waals surface area contributed by atoms with Gasteiger partial charge in [-0.15, -0.1) is 11.3 Å². The van der Waals surface area contributed by atoms with E-state index in [0.29, 0.717) is 10.8 Å². The van der Waals surface area contributed by atoms with Gasteiger partial charge in [0.25, 0.3) is 0 Å². The first-order valence-electron chi connectivity index (χ1n) is 9.37. The summed E-state index contributed by atoms with van der Waals surface area (Å²) >= 11 is 1.34. The Balaban J connectivity index is 1.32. The number of hydrogen-bond acceptors (Lipinski definition) is 4. The highest BCUT2D eigenvalue weighted by Gasteiger charge is 2.11.